The van der Waals surface area contributed by atoms with Gasteiger partial charge in [-0.2, -0.15) is 0 Å². The minimum atomic E-state index is -0.229. The summed E-state index contributed by atoms with van der Waals surface area (Å²) in [6.07, 6.45) is 1.71. The number of nitrogens with one attached hydrogen (secondary N) is 1. The van der Waals surface area contributed by atoms with Crippen molar-refractivity contribution in [3.63, 3.8) is 0 Å². The highest BCUT2D eigenvalue weighted by molar-refractivity contribution is 9.10. The Morgan fingerprint density at radius 2 is 2.35 bits per heavy atom. The van der Waals surface area contributed by atoms with Crippen molar-refractivity contribution in [1.29, 1.82) is 0 Å². The van der Waals surface area contributed by atoms with E-state index in [4.69, 9.17) is 10.6 Å². The average molecular weight is 303 g/mol. The maximum Gasteiger partial charge on any atom is 0.124 e. The van der Waals surface area contributed by atoms with Gasteiger partial charge in [0.2, 0.25) is 0 Å². The molecule has 2 rings (SSSR count). The molecule has 1 aromatic rings. The molecule has 0 spiro atoms. The van der Waals surface area contributed by atoms with Crippen LogP contribution in [0.5, 0.6) is 0 Å². The Hall–Kier alpha value is -0.490. The van der Waals surface area contributed by atoms with Crippen molar-refractivity contribution in [2.24, 2.45) is 11.8 Å². The number of rotatable bonds is 4. The van der Waals surface area contributed by atoms with Crippen molar-refractivity contribution in [1.82, 2.24) is 5.43 Å². The SMILES string of the molecule is NNC(Cc1cc(F)cc(Br)c1)C1CCOC1. The summed E-state index contributed by atoms with van der Waals surface area (Å²) in [7, 11) is 0. The molecule has 1 aliphatic rings. The quantitative estimate of drug-likeness (QED) is 0.661. The monoisotopic (exact) mass is 302 g/mol. The van der Waals surface area contributed by atoms with E-state index in [9.17, 15) is 4.39 Å². The molecule has 0 bridgehead atoms. The summed E-state index contributed by atoms with van der Waals surface area (Å²) < 4.78 is 19.4. The van der Waals surface area contributed by atoms with Crippen LogP contribution >= 0.6 is 15.9 Å². The van der Waals surface area contributed by atoms with Gasteiger partial charge in [-0.1, -0.05) is 15.9 Å². The first-order valence-corrected chi connectivity index (χ1v) is 6.47. The van der Waals surface area contributed by atoms with Gasteiger partial charge >= 0.3 is 0 Å². The van der Waals surface area contributed by atoms with E-state index in [2.05, 4.69) is 21.4 Å². The van der Waals surface area contributed by atoms with Crippen molar-refractivity contribution in [2.75, 3.05) is 13.2 Å². The summed E-state index contributed by atoms with van der Waals surface area (Å²) >= 11 is 3.29. The number of halogens is 2. The minimum Gasteiger partial charge on any atom is -0.381 e. The van der Waals surface area contributed by atoms with E-state index in [1.165, 1.54) is 6.07 Å². The van der Waals surface area contributed by atoms with E-state index in [-0.39, 0.29) is 11.9 Å². The van der Waals surface area contributed by atoms with Crippen LogP contribution in [0.4, 0.5) is 4.39 Å². The maximum atomic E-state index is 13.3. The molecule has 17 heavy (non-hydrogen) atoms. The third-order valence-electron chi connectivity index (χ3n) is 3.13. The Labute approximate surface area is 109 Å². The van der Waals surface area contributed by atoms with Crippen molar-refractivity contribution in [2.45, 2.75) is 18.9 Å². The molecule has 2 unspecified atom stereocenters. The number of ether oxygens (including phenoxy) is 1. The lowest BCUT2D eigenvalue weighted by molar-refractivity contribution is 0.176. The van der Waals surface area contributed by atoms with Gasteiger partial charge < -0.3 is 4.74 Å². The molecule has 1 aromatic carbocycles. The predicted molar refractivity (Wildman–Crippen MR) is 67.8 cm³/mol. The molecular formula is C12H16BrFN2O. The number of hydrogen-bond acceptors (Lipinski definition) is 3. The van der Waals surface area contributed by atoms with Crippen molar-refractivity contribution in [3.05, 3.63) is 34.1 Å². The molecule has 1 fully saturated rings. The molecule has 3 N–H and O–H groups in total. The van der Waals surface area contributed by atoms with E-state index in [1.807, 2.05) is 6.07 Å². The molecule has 0 radical (unpaired) electrons. The zero-order chi connectivity index (χ0) is 12.3. The van der Waals surface area contributed by atoms with E-state index >= 15 is 0 Å². The third-order valence-corrected chi connectivity index (χ3v) is 3.58. The van der Waals surface area contributed by atoms with Gasteiger partial charge in [-0.25, -0.2) is 4.39 Å². The predicted octanol–water partition coefficient (Wildman–Crippen LogP) is 2.00. The molecule has 3 nitrogen and oxygen atoms in total. The van der Waals surface area contributed by atoms with Crippen LogP contribution in [0.1, 0.15) is 12.0 Å². The zero-order valence-corrected chi connectivity index (χ0v) is 11.0. The lowest BCUT2D eigenvalue weighted by Gasteiger charge is -2.21. The second kappa shape index (κ2) is 5.91. The molecule has 1 aliphatic heterocycles. The van der Waals surface area contributed by atoms with Gasteiger partial charge in [-0.05, 0) is 36.6 Å². The zero-order valence-electron chi connectivity index (χ0n) is 9.46. The van der Waals surface area contributed by atoms with Crippen LogP contribution in [0.2, 0.25) is 0 Å². The van der Waals surface area contributed by atoms with Gasteiger partial charge in [-0.15, -0.1) is 0 Å². The molecule has 94 valence electrons. The summed E-state index contributed by atoms with van der Waals surface area (Å²) in [4.78, 5) is 0. The fourth-order valence-corrected chi connectivity index (χ4v) is 2.73. The van der Waals surface area contributed by atoms with Crippen LogP contribution in [0.15, 0.2) is 22.7 Å². The number of benzene rings is 1. The van der Waals surface area contributed by atoms with Crippen LogP contribution < -0.4 is 11.3 Å². The molecule has 0 aliphatic carbocycles. The van der Waals surface area contributed by atoms with E-state index in [0.717, 1.165) is 29.7 Å². The molecule has 0 saturated carbocycles. The Morgan fingerprint density at radius 3 is 2.94 bits per heavy atom. The molecule has 5 heteroatoms. The highest BCUT2D eigenvalue weighted by Crippen LogP contribution is 2.21. The highest BCUT2D eigenvalue weighted by atomic mass is 79.9. The van der Waals surface area contributed by atoms with Gasteiger partial charge in [-0.3, -0.25) is 11.3 Å². The fraction of sp³-hybridized carbons (Fsp3) is 0.500. The normalized spacial score (nSPS) is 21.7. The van der Waals surface area contributed by atoms with Crippen LogP contribution in [0.3, 0.4) is 0 Å². The first-order valence-electron chi connectivity index (χ1n) is 5.68. The lowest BCUT2D eigenvalue weighted by atomic mass is 9.93. The standard InChI is InChI=1S/C12H16BrFN2O/c13-10-3-8(4-11(14)6-10)5-12(16-15)9-1-2-17-7-9/h3-4,6,9,12,16H,1-2,5,7,15H2. The van der Waals surface area contributed by atoms with E-state index < -0.39 is 0 Å². The summed E-state index contributed by atoms with van der Waals surface area (Å²) in [6.45, 7) is 1.51. The minimum absolute atomic E-state index is 0.131. The summed E-state index contributed by atoms with van der Waals surface area (Å²) in [5.74, 6) is 5.74. The van der Waals surface area contributed by atoms with Crippen LogP contribution in [0, 0.1) is 11.7 Å². The Morgan fingerprint density at radius 1 is 1.53 bits per heavy atom. The van der Waals surface area contributed by atoms with Gasteiger partial charge in [0.05, 0.1) is 6.61 Å². The molecule has 0 amide bonds. The van der Waals surface area contributed by atoms with Gasteiger partial charge in [0.1, 0.15) is 5.82 Å². The number of nitrogens with two attached hydrogens (primary N) is 1. The van der Waals surface area contributed by atoms with Gasteiger partial charge in [0.15, 0.2) is 0 Å². The van der Waals surface area contributed by atoms with Crippen molar-refractivity contribution >= 4 is 15.9 Å². The molecule has 2 atom stereocenters. The Kier molecular flexibility index (Phi) is 4.50. The molecule has 1 saturated heterocycles. The van der Waals surface area contributed by atoms with Crippen LogP contribution in [0.25, 0.3) is 0 Å². The summed E-state index contributed by atoms with van der Waals surface area (Å²) in [6, 6.07) is 5.05. The second-order valence-electron chi connectivity index (χ2n) is 4.38. The number of hydrazine groups is 1. The summed E-state index contributed by atoms with van der Waals surface area (Å²) in [5.41, 5.74) is 3.75. The van der Waals surface area contributed by atoms with Crippen molar-refractivity contribution < 1.29 is 9.13 Å². The van der Waals surface area contributed by atoms with Crippen LogP contribution in [-0.4, -0.2) is 19.3 Å². The van der Waals surface area contributed by atoms with Gasteiger partial charge in [0.25, 0.3) is 0 Å². The topological polar surface area (TPSA) is 47.3 Å². The first kappa shape index (κ1) is 13.0. The van der Waals surface area contributed by atoms with E-state index in [1.54, 1.807) is 6.07 Å². The second-order valence-corrected chi connectivity index (χ2v) is 5.29. The largest absolute Gasteiger partial charge is 0.381 e. The highest BCUT2D eigenvalue weighted by Gasteiger charge is 2.25. The summed E-state index contributed by atoms with van der Waals surface area (Å²) in [5, 5.41) is 0. The van der Waals surface area contributed by atoms with Crippen molar-refractivity contribution in [3.8, 4) is 0 Å². The first-order chi connectivity index (χ1) is 8.19. The number of hydrogen-bond donors (Lipinski definition) is 2. The smallest absolute Gasteiger partial charge is 0.124 e. The molecule has 0 aromatic heterocycles. The molecule has 1 heterocycles. The van der Waals surface area contributed by atoms with Crippen LogP contribution in [-0.2, 0) is 11.2 Å². The Bertz CT molecular complexity index is 363. The molecular weight excluding hydrogens is 287 g/mol. The maximum absolute atomic E-state index is 13.3. The Balaban J connectivity index is 2.06. The fourth-order valence-electron chi connectivity index (χ4n) is 2.21. The third kappa shape index (κ3) is 3.48. The van der Waals surface area contributed by atoms with Gasteiger partial charge in [0, 0.05) is 23.0 Å². The average Bonchev–Trinajstić information content (AvgIpc) is 2.77. The van der Waals surface area contributed by atoms with E-state index in [0.29, 0.717) is 12.3 Å². The lowest BCUT2D eigenvalue weighted by Crippen LogP contribution is -2.42.